The number of hydrogen-bond acceptors (Lipinski definition) is 3. The van der Waals surface area contributed by atoms with Crippen LogP contribution in [0.25, 0.3) is 0 Å². The predicted octanol–water partition coefficient (Wildman–Crippen LogP) is 2.23. The van der Waals surface area contributed by atoms with Gasteiger partial charge < -0.3 is 16.4 Å². The standard InChI is InChI=1S/C17H20ClN5O.HI/c18-15-7-2-1-6-14(15)16(24)21-11-12-23-17(19)22-10-8-13-5-3-4-9-20-13;/h1-7,9H,8,10-12H2,(H,21,24)(H3,19,22,23);1H. The molecule has 0 spiro atoms. The van der Waals surface area contributed by atoms with Crippen LogP contribution in [0.5, 0.6) is 0 Å². The fourth-order valence-corrected chi connectivity index (χ4v) is 2.22. The molecule has 8 heteroatoms. The highest BCUT2D eigenvalue weighted by Gasteiger charge is 2.08. The smallest absolute Gasteiger partial charge is 0.252 e. The lowest BCUT2D eigenvalue weighted by Gasteiger charge is -2.08. The number of halogens is 2. The van der Waals surface area contributed by atoms with Crippen LogP contribution in [0.2, 0.25) is 5.02 Å². The van der Waals surface area contributed by atoms with E-state index in [0.717, 1.165) is 12.1 Å². The number of aromatic nitrogens is 1. The number of guanidine groups is 1. The van der Waals surface area contributed by atoms with Gasteiger partial charge in [0.15, 0.2) is 5.96 Å². The SMILES string of the molecule is I.NC(=NCCc1ccccn1)NCCNC(=O)c1ccccc1Cl. The lowest BCUT2D eigenvalue weighted by Crippen LogP contribution is -2.38. The molecule has 134 valence electrons. The number of aliphatic imine (C=N–C) groups is 1. The molecule has 0 bridgehead atoms. The Kier molecular flexibility index (Phi) is 9.86. The van der Waals surface area contributed by atoms with Gasteiger partial charge in [-0.1, -0.05) is 29.8 Å². The molecular formula is C17H21ClIN5O. The molecule has 0 aliphatic heterocycles. The van der Waals surface area contributed by atoms with E-state index < -0.39 is 0 Å². The van der Waals surface area contributed by atoms with E-state index in [4.69, 9.17) is 17.3 Å². The van der Waals surface area contributed by atoms with E-state index in [1.165, 1.54) is 0 Å². The van der Waals surface area contributed by atoms with E-state index in [-0.39, 0.29) is 29.9 Å². The molecule has 0 radical (unpaired) electrons. The number of carbonyl (C=O) groups is 1. The van der Waals surface area contributed by atoms with Crippen LogP contribution in [-0.4, -0.2) is 36.5 Å². The molecule has 1 aromatic heterocycles. The van der Waals surface area contributed by atoms with E-state index in [9.17, 15) is 4.79 Å². The first-order chi connectivity index (χ1) is 11.7. The summed E-state index contributed by atoms with van der Waals surface area (Å²) in [5.74, 6) is 0.131. The monoisotopic (exact) mass is 473 g/mol. The number of nitrogens with one attached hydrogen (secondary N) is 2. The van der Waals surface area contributed by atoms with Crippen LogP contribution in [0.4, 0.5) is 0 Å². The van der Waals surface area contributed by atoms with E-state index in [0.29, 0.717) is 36.2 Å². The van der Waals surface area contributed by atoms with Crippen LogP contribution in [0, 0.1) is 0 Å². The van der Waals surface area contributed by atoms with Gasteiger partial charge in [-0.15, -0.1) is 24.0 Å². The first-order valence-corrected chi connectivity index (χ1v) is 8.01. The third-order valence-electron chi connectivity index (χ3n) is 3.21. The van der Waals surface area contributed by atoms with Crippen molar-refractivity contribution in [2.75, 3.05) is 19.6 Å². The van der Waals surface area contributed by atoms with Crippen molar-refractivity contribution in [2.45, 2.75) is 6.42 Å². The number of amides is 1. The highest BCUT2D eigenvalue weighted by atomic mass is 127. The van der Waals surface area contributed by atoms with E-state index in [1.54, 1.807) is 30.5 Å². The van der Waals surface area contributed by atoms with Gasteiger partial charge in [0.25, 0.3) is 5.91 Å². The van der Waals surface area contributed by atoms with Crippen molar-refractivity contribution in [3.8, 4) is 0 Å². The van der Waals surface area contributed by atoms with Crippen LogP contribution in [-0.2, 0) is 6.42 Å². The molecule has 2 rings (SSSR count). The van der Waals surface area contributed by atoms with Gasteiger partial charge in [-0.05, 0) is 24.3 Å². The first kappa shape index (κ1) is 21.2. The molecule has 25 heavy (non-hydrogen) atoms. The quantitative estimate of drug-likeness (QED) is 0.249. The van der Waals surface area contributed by atoms with Gasteiger partial charge in [0.2, 0.25) is 0 Å². The number of pyridine rings is 1. The van der Waals surface area contributed by atoms with Crippen LogP contribution in [0.15, 0.2) is 53.7 Å². The fourth-order valence-electron chi connectivity index (χ4n) is 2.00. The summed E-state index contributed by atoms with van der Waals surface area (Å²) in [5.41, 5.74) is 7.20. The third kappa shape index (κ3) is 7.70. The van der Waals surface area contributed by atoms with Crippen molar-refractivity contribution >= 4 is 47.4 Å². The summed E-state index contributed by atoms with van der Waals surface area (Å²) < 4.78 is 0. The Balaban J connectivity index is 0.00000312. The average Bonchev–Trinajstić information content (AvgIpc) is 2.60. The van der Waals surface area contributed by atoms with Crippen LogP contribution >= 0.6 is 35.6 Å². The Bertz CT molecular complexity index is 696. The molecule has 0 aliphatic rings. The second-order valence-electron chi connectivity index (χ2n) is 5.00. The third-order valence-corrected chi connectivity index (χ3v) is 3.54. The molecule has 4 N–H and O–H groups in total. The van der Waals surface area contributed by atoms with Crippen LogP contribution < -0.4 is 16.4 Å². The Morgan fingerprint density at radius 1 is 1.12 bits per heavy atom. The van der Waals surface area contributed by atoms with Crippen molar-refractivity contribution in [3.63, 3.8) is 0 Å². The van der Waals surface area contributed by atoms with Crippen LogP contribution in [0.3, 0.4) is 0 Å². The molecule has 2 aromatic rings. The van der Waals surface area contributed by atoms with Crippen molar-refractivity contribution < 1.29 is 4.79 Å². The number of benzene rings is 1. The molecule has 6 nitrogen and oxygen atoms in total. The fraction of sp³-hybridized carbons (Fsp3) is 0.235. The maximum Gasteiger partial charge on any atom is 0.252 e. The van der Waals surface area contributed by atoms with Crippen molar-refractivity contribution in [3.05, 3.63) is 64.9 Å². The molecule has 0 unspecified atom stereocenters. The summed E-state index contributed by atoms with van der Waals surface area (Å²) >= 11 is 5.97. The maximum absolute atomic E-state index is 11.9. The molecule has 0 atom stereocenters. The lowest BCUT2D eigenvalue weighted by molar-refractivity contribution is 0.0954. The summed E-state index contributed by atoms with van der Waals surface area (Å²) in [6, 6.07) is 12.7. The molecule has 1 aromatic carbocycles. The molecule has 1 heterocycles. The van der Waals surface area contributed by atoms with Crippen molar-refractivity contribution in [1.29, 1.82) is 0 Å². The summed E-state index contributed by atoms with van der Waals surface area (Å²) in [7, 11) is 0. The number of nitrogens with two attached hydrogens (primary N) is 1. The molecular weight excluding hydrogens is 453 g/mol. The largest absolute Gasteiger partial charge is 0.370 e. The summed E-state index contributed by atoms with van der Waals surface area (Å²) in [6.07, 6.45) is 2.48. The topological polar surface area (TPSA) is 92.4 Å². The van der Waals surface area contributed by atoms with Gasteiger partial charge in [0, 0.05) is 37.9 Å². The molecule has 0 fully saturated rings. The highest BCUT2D eigenvalue weighted by molar-refractivity contribution is 14.0. The Morgan fingerprint density at radius 2 is 1.84 bits per heavy atom. The Morgan fingerprint density at radius 3 is 2.56 bits per heavy atom. The normalized spacial score (nSPS) is 10.7. The van der Waals surface area contributed by atoms with Gasteiger partial charge in [0.05, 0.1) is 10.6 Å². The first-order valence-electron chi connectivity index (χ1n) is 7.63. The van der Waals surface area contributed by atoms with Crippen LogP contribution in [0.1, 0.15) is 16.1 Å². The zero-order chi connectivity index (χ0) is 17.2. The summed E-state index contributed by atoms with van der Waals surface area (Å²) in [6.45, 7) is 1.46. The summed E-state index contributed by atoms with van der Waals surface area (Å²) in [5, 5.41) is 6.15. The lowest BCUT2D eigenvalue weighted by atomic mass is 10.2. The minimum Gasteiger partial charge on any atom is -0.370 e. The highest BCUT2D eigenvalue weighted by Crippen LogP contribution is 2.14. The van der Waals surface area contributed by atoms with Crippen molar-refractivity contribution in [2.24, 2.45) is 10.7 Å². The molecule has 0 saturated carbocycles. The predicted molar refractivity (Wildman–Crippen MR) is 112 cm³/mol. The second-order valence-corrected chi connectivity index (χ2v) is 5.41. The maximum atomic E-state index is 11.9. The molecule has 0 aliphatic carbocycles. The van der Waals surface area contributed by atoms with Crippen molar-refractivity contribution in [1.82, 2.24) is 15.6 Å². The molecule has 1 amide bonds. The Labute approximate surface area is 169 Å². The van der Waals surface area contributed by atoms with Gasteiger partial charge in [-0.2, -0.15) is 0 Å². The van der Waals surface area contributed by atoms with E-state index in [2.05, 4.69) is 20.6 Å². The Hall–Kier alpha value is -1.87. The minimum atomic E-state index is -0.215. The minimum absolute atomic E-state index is 0. The summed E-state index contributed by atoms with van der Waals surface area (Å²) in [4.78, 5) is 20.4. The number of rotatable bonds is 7. The van der Waals surface area contributed by atoms with E-state index >= 15 is 0 Å². The zero-order valence-corrected chi connectivity index (χ0v) is 16.7. The molecule has 0 saturated heterocycles. The van der Waals surface area contributed by atoms with Gasteiger partial charge in [0.1, 0.15) is 0 Å². The average molecular weight is 474 g/mol. The number of hydrogen-bond donors (Lipinski definition) is 3. The van der Waals surface area contributed by atoms with Gasteiger partial charge in [-0.3, -0.25) is 14.8 Å². The second kappa shape index (κ2) is 11.6. The number of nitrogens with zero attached hydrogens (tertiary/aromatic N) is 2. The number of carbonyl (C=O) groups excluding carboxylic acids is 1. The van der Waals surface area contributed by atoms with Gasteiger partial charge >= 0.3 is 0 Å². The van der Waals surface area contributed by atoms with Gasteiger partial charge in [-0.25, -0.2) is 0 Å². The zero-order valence-electron chi connectivity index (χ0n) is 13.6. The van der Waals surface area contributed by atoms with E-state index in [1.807, 2.05) is 18.2 Å².